The highest BCUT2D eigenvalue weighted by Gasteiger charge is 2.27. The molecule has 0 aromatic heterocycles. The van der Waals surface area contributed by atoms with E-state index in [1.807, 2.05) is 18.7 Å². The van der Waals surface area contributed by atoms with E-state index in [2.05, 4.69) is 37.4 Å². The molecule has 3 N–H and O–H groups in total. The fraction of sp³-hybridized carbons (Fsp3) is 0.588. The van der Waals surface area contributed by atoms with E-state index in [-0.39, 0.29) is 5.91 Å². The van der Waals surface area contributed by atoms with E-state index in [9.17, 15) is 4.79 Å². The monoisotopic (exact) mass is 308 g/mol. The van der Waals surface area contributed by atoms with Gasteiger partial charge < -0.3 is 11.1 Å². The Bertz CT molecular complexity index is 456. The van der Waals surface area contributed by atoms with E-state index in [0.717, 1.165) is 30.8 Å². The molecular formula is C17H28N2OS. The number of rotatable bonds is 9. The van der Waals surface area contributed by atoms with Crippen molar-refractivity contribution in [3.8, 4) is 0 Å². The van der Waals surface area contributed by atoms with Gasteiger partial charge in [-0.25, -0.2) is 0 Å². The fourth-order valence-electron chi connectivity index (χ4n) is 2.40. The molecule has 0 aliphatic carbocycles. The minimum Gasteiger partial charge on any atom is -0.368 e. The first-order valence-electron chi connectivity index (χ1n) is 7.51. The van der Waals surface area contributed by atoms with Gasteiger partial charge in [0.05, 0.1) is 5.54 Å². The lowest BCUT2D eigenvalue weighted by molar-refractivity contribution is -0.123. The Morgan fingerprint density at radius 1 is 1.24 bits per heavy atom. The van der Waals surface area contributed by atoms with Crippen molar-refractivity contribution < 1.29 is 4.79 Å². The van der Waals surface area contributed by atoms with Crippen molar-refractivity contribution >= 4 is 17.7 Å². The van der Waals surface area contributed by atoms with E-state index >= 15 is 0 Å². The van der Waals surface area contributed by atoms with Crippen LogP contribution >= 0.6 is 11.8 Å². The highest BCUT2D eigenvalue weighted by molar-refractivity contribution is 7.98. The van der Waals surface area contributed by atoms with Crippen LogP contribution in [0.25, 0.3) is 0 Å². The third-order valence-corrected chi connectivity index (χ3v) is 4.98. The molecule has 1 unspecified atom stereocenters. The van der Waals surface area contributed by atoms with Crippen LogP contribution in [0, 0.1) is 13.8 Å². The van der Waals surface area contributed by atoms with Crippen LogP contribution in [0.1, 0.15) is 42.9 Å². The lowest BCUT2D eigenvalue weighted by atomic mass is 9.94. The van der Waals surface area contributed by atoms with Crippen molar-refractivity contribution in [2.45, 2.75) is 51.3 Å². The molecule has 1 aromatic carbocycles. The van der Waals surface area contributed by atoms with Gasteiger partial charge in [-0.15, -0.1) is 0 Å². The summed E-state index contributed by atoms with van der Waals surface area (Å²) >= 11 is 1.95. The Kier molecular flexibility index (Phi) is 7.26. The molecule has 4 heteroatoms. The maximum Gasteiger partial charge on any atom is 0.237 e. The summed E-state index contributed by atoms with van der Waals surface area (Å²) in [6.45, 7) is 6.16. The predicted molar refractivity (Wildman–Crippen MR) is 92.6 cm³/mol. The van der Waals surface area contributed by atoms with Gasteiger partial charge in [-0.2, -0.15) is 11.8 Å². The van der Waals surface area contributed by atoms with Crippen LogP contribution < -0.4 is 11.1 Å². The maximum absolute atomic E-state index is 11.4. The normalized spacial score (nSPS) is 13.9. The van der Waals surface area contributed by atoms with Crippen LogP contribution in [0.5, 0.6) is 0 Å². The van der Waals surface area contributed by atoms with Gasteiger partial charge in [0.25, 0.3) is 0 Å². The number of carbonyl (C=O) groups is 1. The Morgan fingerprint density at radius 3 is 2.38 bits per heavy atom. The standard InChI is InChI=1S/C17H28N2OS/c1-13-9-14(2)11-15(10-13)12-21-8-6-5-7-17(3,19-4)16(18)20/h9-11,19H,5-8,12H2,1-4H3,(H2,18,20). The van der Waals surface area contributed by atoms with Crippen molar-refractivity contribution in [1.82, 2.24) is 5.32 Å². The zero-order valence-electron chi connectivity index (χ0n) is 13.7. The second kappa shape index (κ2) is 8.44. The molecule has 0 saturated heterocycles. The first-order chi connectivity index (χ1) is 9.87. The molecule has 118 valence electrons. The molecule has 0 radical (unpaired) electrons. The summed E-state index contributed by atoms with van der Waals surface area (Å²) in [6.07, 6.45) is 2.92. The highest BCUT2D eigenvalue weighted by Crippen LogP contribution is 2.19. The van der Waals surface area contributed by atoms with E-state index in [1.165, 1.54) is 16.7 Å². The van der Waals surface area contributed by atoms with Gasteiger partial charge >= 0.3 is 0 Å². The lowest BCUT2D eigenvalue weighted by Gasteiger charge is -2.25. The molecular weight excluding hydrogens is 280 g/mol. The van der Waals surface area contributed by atoms with Crippen molar-refractivity contribution in [3.63, 3.8) is 0 Å². The number of amides is 1. The molecule has 1 aromatic rings. The number of thioether (sulfide) groups is 1. The quantitative estimate of drug-likeness (QED) is 0.689. The summed E-state index contributed by atoms with van der Waals surface area (Å²) in [7, 11) is 1.79. The van der Waals surface area contributed by atoms with Crippen LogP contribution in [0.4, 0.5) is 0 Å². The Morgan fingerprint density at radius 2 is 1.86 bits per heavy atom. The first kappa shape index (κ1) is 18.1. The third kappa shape index (κ3) is 6.10. The number of nitrogens with two attached hydrogens (primary N) is 1. The van der Waals surface area contributed by atoms with E-state index in [0.29, 0.717) is 0 Å². The second-order valence-electron chi connectivity index (χ2n) is 5.95. The number of nitrogens with one attached hydrogen (secondary N) is 1. The number of hydrogen-bond acceptors (Lipinski definition) is 3. The molecule has 21 heavy (non-hydrogen) atoms. The summed E-state index contributed by atoms with van der Waals surface area (Å²) in [4.78, 5) is 11.4. The third-order valence-electron chi connectivity index (χ3n) is 3.86. The topological polar surface area (TPSA) is 55.1 Å². The number of unbranched alkanes of at least 4 members (excludes halogenated alkanes) is 1. The number of likely N-dealkylation sites (N-methyl/N-ethyl adjacent to an activating group) is 1. The molecule has 0 aliphatic heterocycles. The molecule has 0 spiro atoms. The smallest absolute Gasteiger partial charge is 0.237 e. The average molecular weight is 308 g/mol. The second-order valence-corrected chi connectivity index (χ2v) is 7.06. The number of hydrogen-bond donors (Lipinski definition) is 2. The van der Waals surface area contributed by atoms with Crippen molar-refractivity contribution in [1.29, 1.82) is 0 Å². The number of aryl methyl sites for hydroxylation is 2. The molecule has 0 saturated carbocycles. The summed E-state index contributed by atoms with van der Waals surface area (Å²) in [5.41, 5.74) is 8.91. The van der Waals surface area contributed by atoms with Gasteiger partial charge in [0.2, 0.25) is 5.91 Å². The molecule has 1 rings (SSSR count). The van der Waals surface area contributed by atoms with Crippen LogP contribution in [0.2, 0.25) is 0 Å². The first-order valence-corrected chi connectivity index (χ1v) is 8.66. The number of primary amides is 1. The van der Waals surface area contributed by atoms with Gasteiger partial charge in [0.1, 0.15) is 0 Å². The van der Waals surface area contributed by atoms with Crippen molar-refractivity contribution in [3.05, 3.63) is 34.9 Å². The summed E-state index contributed by atoms with van der Waals surface area (Å²) < 4.78 is 0. The van der Waals surface area contributed by atoms with Crippen LogP contribution in [0.3, 0.4) is 0 Å². The minimum absolute atomic E-state index is 0.270. The van der Waals surface area contributed by atoms with Gasteiger partial charge in [-0.05, 0) is 52.0 Å². The summed E-state index contributed by atoms with van der Waals surface area (Å²) in [5, 5.41) is 3.03. The number of carbonyl (C=O) groups excluding carboxylic acids is 1. The largest absolute Gasteiger partial charge is 0.368 e. The highest BCUT2D eigenvalue weighted by atomic mass is 32.2. The zero-order valence-corrected chi connectivity index (χ0v) is 14.5. The molecule has 3 nitrogen and oxygen atoms in total. The molecule has 1 amide bonds. The average Bonchev–Trinajstić information content (AvgIpc) is 2.41. The van der Waals surface area contributed by atoms with Crippen molar-refractivity contribution in [2.75, 3.05) is 12.8 Å². The van der Waals surface area contributed by atoms with Crippen LogP contribution in [0.15, 0.2) is 18.2 Å². The Hall–Kier alpha value is -1.00. The van der Waals surface area contributed by atoms with Gasteiger partial charge in [-0.3, -0.25) is 4.79 Å². The Balaban J connectivity index is 2.24. The fourth-order valence-corrected chi connectivity index (χ4v) is 3.35. The minimum atomic E-state index is -0.571. The number of benzene rings is 1. The van der Waals surface area contributed by atoms with Crippen molar-refractivity contribution in [2.24, 2.45) is 5.73 Å². The van der Waals surface area contributed by atoms with E-state index in [4.69, 9.17) is 5.73 Å². The van der Waals surface area contributed by atoms with E-state index < -0.39 is 5.54 Å². The molecule has 0 heterocycles. The molecule has 0 bridgehead atoms. The zero-order chi connectivity index (χ0) is 15.9. The molecule has 0 fully saturated rings. The SMILES string of the molecule is CNC(C)(CCCCSCc1cc(C)cc(C)c1)C(N)=O. The van der Waals surface area contributed by atoms with Gasteiger partial charge in [0, 0.05) is 5.75 Å². The Labute approximate surface area is 133 Å². The van der Waals surface area contributed by atoms with Gasteiger partial charge in [-0.1, -0.05) is 35.7 Å². The van der Waals surface area contributed by atoms with Crippen LogP contribution in [-0.2, 0) is 10.5 Å². The summed E-state index contributed by atoms with van der Waals surface area (Å²) in [6, 6.07) is 6.72. The van der Waals surface area contributed by atoms with E-state index in [1.54, 1.807) is 7.05 Å². The van der Waals surface area contributed by atoms with Crippen LogP contribution in [-0.4, -0.2) is 24.2 Å². The molecule has 1 atom stereocenters. The van der Waals surface area contributed by atoms with Gasteiger partial charge in [0.15, 0.2) is 0 Å². The lowest BCUT2D eigenvalue weighted by Crippen LogP contribution is -2.51. The molecule has 0 aliphatic rings. The summed E-state index contributed by atoms with van der Waals surface area (Å²) in [5.74, 6) is 1.90. The predicted octanol–water partition coefficient (Wildman–Crippen LogP) is 3.17. The maximum atomic E-state index is 11.4.